The quantitative estimate of drug-likeness (QED) is 0.658. The molecule has 0 spiro atoms. The molecule has 2 amide bonds. The van der Waals surface area contributed by atoms with E-state index in [9.17, 15) is 14.0 Å². The number of nitrogens with zero attached hydrogens (tertiary/aromatic N) is 1. The summed E-state index contributed by atoms with van der Waals surface area (Å²) in [6, 6.07) is 11.9. The van der Waals surface area contributed by atoms with Gasteiger partial charge in [0.2, 0.25) is 5.91 Å². The van der Waals surface area contributed by atoms with Crippen LogP contribution in [0.4, 0.5) is 10.1 Å². The Hall–Kier alpha value is -2.93. The van der Waals surface area contributed by atoms with E-state index in [0.717, 1.165) is 16.0 Å². The number of likely N-dealkylation sites (N-methyl/N-ethyl adjacent to an activating group) is 2. The van der Waals surface area contributed by atoms with Crippen LogP contribution in [0.25, 0.3) is 0 Å². The second-order valence-electron chi connectivity index (χ2n) is 7.49. The minimum atomic E-state index is -0.422. The third kappa shape index (κ3) is 6.29. The van der Waals surface area contributed by atoms with Crippen molar-refractivity contribution < 1.29 is 23.6 Å². The summed E-state index contributed by atoms with van der Waals surface area (Å²) in [5.74, 6) is -0.619. The van der Waals surface area contributed by atoms with Crippen molar-refractivity contribution >= 4 is 17.5 Å². The van der Waals surface area contributed by atoms with E-state index in [1.807, 2.05) is 45.0 Å². The summed E-state index contributed by atoms with van der Waals surface area (Å²) >= 11 is 0. The molecule has 1 unspecified atom stereocenters. The van der Waals surface area contributed by atoms with Crippen LogP contribution in [-0.4, -0.2) is 50.0 Å². The Balaban J connectivity index is 1.96. The van der Waals surface area contributed by atoms with E-state index < -0.39 is 5.82 Å². The molecule has 0 aliphatic carbocycles. The number of hydrogen-bond donors (Lipinski definition) is 2. The zero-order valence-corrected chi connectivity index (χ0v) is 18.3. The van der Waals surface area contributed by atoms with E-state index in [2.05, 4.69) is 5.32 Å². The highest BCUT2D eigenvalue weighted by Crippen LogP contribution is 2.17. The molecule has 0 aromatic heterocycles. The smallest absolute Gasteiger partial charge is 0.280 e. The lowest BCUT2D eigenvalue weighted by Crippen LogP contribution is -3.15. The van der Waals surface area contributed by atoms with E-state index in [1.54, 1.807) is 19.2 Å². The Bertz CT molecular complexity index is 870. The summed E-state index contributed by atoms with van der Waals surface area (Å²) in [7, 11) is 3.04. The molecule has 2 aromatic rings. The topological polar surface area (TPSA) is 63.1 Å². The largest absolute Gasteiger partial charge is 0.494 e. The van der Waals surface area contributed by atoms with Crippen molar-refractivity contribution in [2.24, 2.45) is 0 Å². The van der Waals surface area contributed by atoms with Crippen LogP contribution in [0.5, 0.6) is 5.75 Å². The van der Waals surface area contributed by atoms with Gasteiger partial charge >= 0.3 is 0 Å². The Morgan fingerprint density at radius 2 is 1.87 bits per heavy atom. The zero-order valence-electron chi connectivity index (χ0n) is 18.3. The number of aryl methyl sites for hydroxylation is 1. The van der Waals surface area contributed by atoms with E-state index in [1.165, 1.54) is 18.1 Å². The van der Waals surface area contributed by atoms with Gasteiger partial charge in [0.25, 0.3) is 5.91 Å². The maximum atomic E-state index is 14.0. The number of methoxy groups -OCH3 is 1. The summed E-state index contributed by atoms with van der Waals surface area (Å²) in [5, 5.41) is 2.80. The molecular formula is C23H31FN3O3+. The summed E-state index contributed by atoms with van der Waals surface area (Å²) in [6.07, 6.45) is 0. The first-order valence-corrected chi connectivity index (χ1v) is 10.0. The van der Waals surface area contributed by atoms with E-state index >= 15 is 0 Å². The minimum absolute atomic E-state index is 0.0365. The standard InChI is InChI=1S/C23H30FN3O3/c1-6-27(14-18-9-12-21(30-5)20(24)13-18)17(3)23(29)26(4)15-22(28)25-19-10-7-16(2)8-11-19/h7-13,17H,6,14-15H2,1-5H3,(H,25,28)/p+1/t17-/m1/s1. The molecule has 2 aromatic carbocycles. The maximum Gasteiger partial charge on any atom is 0.280 e. The van der Waals surface area contributed by atoms with Gasteiger partial charge in [-0.25, -0.2) is 4.39 Å². The molecule has 2 N–H and O–H groups in total. The Morgan fingerprint density at radius 1 is 1.20 bits per heavy atom. The molecule has 0 radical (unpaired) electrons. The summed E-state index contributed by atoms with van der Waals surface area (Å²) < 4.78 is 18.9. The number of carbonyl (C=O) groups excluding carboxylic acids is 2. The number of anilines is 1. The molecule has 0 fully saturated rings. The second kappa shape index (κ2) is 10.7. The van der Waals surface area contributed by atoms with E-state index in [-0.39, 0.29) is 30.2 Å². The van der Waals surface area contributed by atoms with Crippen LogP contribution in [0.15, 0.2) is 42.5 Å². The average Bonchev–Trinajstić information content (AvgIpc) is 2.72. The van der Waals surface area contributed by atoms with Crippen molar-refractivity contribution in [3.63, 3.8) is 0 Å². The number of hydrogen-bond acceptors (Lipinski definition) is 3. The van der Waals surface area contributed by atoms with Crippen molar-refractivity contribution in [2.45, 2.75) is 33.4 Å². The van der Waals surface area contributed by atoms with E-state index in [4.69, 9.17) is 4.74 Å². The lowest BCUT2D eigenvalue weighted by molar-refractivity contribution is -0.926. The van der Waals surface area contributed by atoms with Gasteiger partial charge in [-0.05, 0) is 51.1 Å². The molecule has 0 bridgehead atoms. The normalized spacial score (nSPS) is 12.7. The Kier molecular flexibility index (Phi) is 8.35. The first-order chi connectivity index (χ1) is 14.2. The molecule has 0 aliphatic heterocycles. The number of carbonyl (C=O) groups is 2. The number of benzene rings is 2. The zero-order chi connectivity index (χ0) is 22.3. The van der Waals surface area contributed by atoms with Crippen molar-refractivity contribution in [3.05, 3.63) is 59.4 Å². The van der Waals surface area contributed by atoms with Crippen LogP contribution >= 0.6 is 0 Å². The molecule has 0 saturated carbocycles. The van der Waals surface area contributed by atoms with Gasteiger partial charge in [0.1, 0.15) is 6.54 Å². The van der Waals surface area contributed by atoms with Gasteiger partial charge in [-0.15, -0.1) is 0 Å². The third-order valence-electron chi connectivity index (χ3n) is 5.18. The molecule has 0 heterocycles. The van der Waals surface area contributed by atoms with Gasteiger partial charge in [-0.3, -0.25) is 9.59 Å². The fourth-order valence-electron chi connectivity index (χ4n) is 3.30. The molecule has 7 heteroatoms. The number of halogens is 1. The molecular weight excluding hydrogens is 385 g/mol. The first kappa shape index (κ1) is 23.3. The van der Waals surface area contributed by atoms with Crippen molar-refractivity contribution in [1.29, 1.82) is 0 Å². The van der Waals surface area contributed by atoms with Crippen molar-refractivity contribution in [2.75, 3.05) is 32.6 Å². The minimum Gasteiger partial charge on any atom is -0.494 e. The van der Waals surface area contributed by atoms with Gasteiger partial charge in [-0.1, -0.05) is 17.7 Å². The number of amides is 2. The summed E-state index contributed by atoms with van der Waals surface area (Å²) in [6.45, 7) is 6.92. The molecule has 162 valence electrons. The van der Waals surface area contributed by atoms with Gasteiger partial charge in [0.15, 0.2) is 17.6 Å². The Morgan fingerprint density at radius 3 is 2.43 bits per heavy atom. The van der Waals surface area contributed by atoms with Gasteiger partial charge in [0.05, 0.1) is 20.2 Å². The fraction of sp³-hybridized carbons (Fsp3) is 0.391. The average molecular weight is 417 g/mol. The molecule has 2 rings (SSSR count). The molecule has 2 atom stereocenters. The maximum absolute atomic E-state index is 14.0. The molecule has 0 aliphatic rings. The monoisotopic (exact) mass is 416 g/mol. The van der Waals surface area contributed by atoms with E-state index in [0.29, 0.717) is 18.8 Å². The number of rotatable bonds is 9. The lowest BCUT2D eigenvalue weighted by atomic mass is 10.1. The highest BCUT2D eigenvalue weighted by atomic mass is 19.1. The van der Waals surface area contributed by atoms with Gasteiger partial charge in [0, 0.05) is 18.3 Å². The predicted molar refractivity (Wildman–Crippen MR) is 115 cm³/mol. The number of quaternary nitrogens is 1. The van der Waals surface area contributed by atoms with Crippen LogP contribution in [0.1, 0.15) is 25.0 Å². The molecule has 30 heavy (non-hydrogen) atoms. The van der Waals surface area contributed by atoms with Crippen LogP contribution in [0.3, 0.4) is 0 Å². The van der Waals surface area contributed by atoms with Crippen LogP contribution in [0, 0.1) is 12.7 Å². The second-order valence-corrected chi connectivity index (χ2v) is 7.49. The highest BCUT2D eigenvalue weighted by Gasteiger charge is 2.28. The van der Waals surface area contributed by atoms with Gasteiger partial charge < -0.3 is 19.9 Å². The van der Waals surface area contributed by atoms with Crippen LogP contribution in [0.2, 0.25) is 0 Å². The summed E-state index contributed by atoms with van der Waals surface area (Å²) in [4.78, 5) is 27.6. The van der Waals surface area contributed by atoms with Crippen LogP contribution in [-0.2, 0) is 16.1 Å². The SMILES string of the molecule is CC[NH+](Cc1ccc(OC)c(F)c1)[C@H](C)C(=O)N(C)CC(=O)Nc1ccc(C)cc1. The lowest BCUT2D eigenvalue weighted by Gasteiger charge is -2.27. The summed E-state index contributed by atoms with van der Waals surface area (Å²) in [5.41, 5.74) is 2.58. The predicted octanol–water partition coefficient (Wildman–Crippen LogP) is 2.03. The van der Waals surface area contributed by atoms with Gasteiger partial charge in [-0.2, -0.15) is 0 Å². The Labute approximate surface area is 177 Å². The highest BCUT2D eigenvalue weighted by molar-refractivity contribution is 5.94. The third-order valence-corrected chi connectivity index (χ3v) is 5.18. The fourth-order valence-corrected chi connectivity index (χ4v) is 3.30. The number of ether oxygens (including phenoxy) is 1. The van der Waals surface area contributed by atoms with Crippen molar-refractivity contribution in [1.82, 2.24) is 4.90 Å². The first-order valence-electron chi connectivity index (χ1n) is 10.0. The van der Waals surface area contributed by atoms with Crippen molar-refractivity contribution in [3.8, 4) is 5.75 Å². The van der Waals surface area contributed by atoms with Crippen LogP contribution < -0.4 is 15.0 Å². The number of nitrogens with one attached hydrogen (secondary N) is 2. The molecule has 6 nitrogen and oxygen atoms in total. The molecule has 0 saturated heterocycles.